The van der Waals surface area contributed by atoms with E-state index in [0.29, 0.717) is 12.6 Å². The number of nitrogens with zero attached hydrogens (tertiary/aromatic N) is 4. The van der Waals surface area contributed by atoms with Gasteiger partial charge >= 0.3 is 0 Å². The van der Waals surface area contributed by atoms with Gasteiger partial charge in [0.25, 0.3) is 0 Å². The number of rotatable bonds is 6. The largest absolute Gasteiger partial charge is 0.395 e. The van der Waals surface area contributed by atoms with E-state index in [0.717, 1.165) is 31.2 Å². The fourth-order valence-electron chi connectivity index (χ4n) is 2.82. The molecule has 2 aromatic rings. The summed E-state index contributed by atoms with van der Waals surface area (Å²) in [6.07, 6.45) is 8.41. The van der Waals surface area contributed by atoms with Crippen molar-refractivity contribution in [3.05, 3.63) is 24.8 Å². The highest BCUT2D eigenvalue weighted by atomic mass is 35.5. The molecular formula is C14H23Cl2N5O2. The third kappa shape index (κ3) is 4.24. The number of imidazole rings is 2. The van der Waals surface area contributed by atoms with Crippen LogP contribution in [0.5, 0.6) is 0 Å². The van der Waals surface area contributed by atoms with Crippen molar-refractivity contribution in [2.75, 3.05) is 26.9 Å². The van der Waals surface area contributed by atoms with Gasteiger partial charge in [0.2, 0.25) is 0 Å². The number of halogens is 2. The van der Waals surface area contributed by atoms with Crippen LogP contribution < -0.4 is 5.32 Å². The third-order valence-electron chi connectivity index (χ3n) is 3.93. The summed E-state index contributed by atoms with van der Waals surface area (Å²) in [6.45, 7) is 2.40. The van der Waals surface area contributed by atoms with Gasteiger partial charge in [-0.15, -0.1) is 24.8 Å². The molecule has 0 radical (unpaired) electrons. The highest BCUT2D eigenvalue weighted by Gasteiger charge is 2.27. The van der Waals surface area contributed by atoms with Crippen molar-refractivity contribution in [1.82, 2.24) is 24.4 Å². The van der Waals surface area contributed by atoms with Crippen LogP contribution in [0, 0.1) is 0 Å². The van der Waals surface area contributed by atoms with Crippen molar-refractivity contribution in [2.24, 2.45) is 0 Å². The molecule has 3 heterocycles. The monoisotopic (exact) mass is 363 g/mol. The predicted octanol–water partition coefficient (Wildman–Crippen LogP) is 1.13. The van der Waals surface area contributed by atoms with Crippen LogP contribution in [-0.2, 0) is 11.3 Å². The standard InChI is InChI=1S/C14H21N5O2.2ClH/c1-21-7-6-18-4-2-15-13(18)14-16-3-5-19(14)12-8-11(10-20)17-9-12;;/h2-5,11-12,17,20H,6-10H2,1H3;2*1H/t11-,12+;;/m1../s1. The first kappa shape index (κ1) is 19.9. The number of hydrogen-bond donors (Lipinski definition) is 2. The van der Waals surface area contributed by atoms with E-state index in [-0.39, 0.29) is 37.5 Å². The van der Waals surface area contributed by atoms with Crippen molar-refractivity contribution in [2.45, 2.75) is 25.0 Å². The van der Waals surface area contributed by atoms with E-state index in [9.17, 15) is 5.11 Å². The molecule has 0 spiro atoms. The predicted molar refractivity (Wildman–Crippen MR) is 92.4 cm³/mol. The number of aromatic nitrogens is 4. The molecule has 130 valence electrons. The molecule has 0 aliphatic carbocycles. The van der Waals surface area contributed by atoms with Crippen LogP contribution in [0.4, 0.5) is 0 Å². The van der Waals surface area contributed by atoms with E-state index in [1.807, 2.05) is 17.0 Å². The minimum absolute atomic E-state index is 0. The molecule has 2 N–H and O–H groups in total. The van der Waals surface area contributed by atoms with E-state index < -0.39 is 0 Å². The number of hydrogen-bond acceptors (Lipinski definition) is 5. The molecular weight excluding hydrogens is 341 g/mol. The van der Waals surface area contributed by atoms with Crippen molar-refractivity contribution in [1.29, 1.82) is 0 Å². The molecule has 1 aliphatic heterocycles. The number of ether oxygens (including phenoxy) is 1. The fourth-order valence-corrected chi connectivity index (χ4v) is 2.82. The van der Waals surface area contributed by atoms with Gasteiger partial charge in [-0.1, -0.05) is 0 Å². The molecule has 0 aromatic carbocycles. The highest BCUT2D eigenvalue weighted by Crippen LogP contribution is 2.25. The lowest BCUT2D eigenvalue weighted by atomic mass is 10.2. The van der Waals surface area contributed by atoms with Crippen molar-refractivity contribution >= 4 is 24.8 Å². The Morgan fingerprint density at radius 3 is 2.70 bits per heavy atom. The van der Waals surface area contributed by atoms with Crippen LogP contribution in [0.3, 0.4) is 0 Å². The van der Waals surface area contributed by atoms with Crippen molar-refractivity contribution < 1.29 is 9.84 Å². The van der Waals surface area contributed by atoms with Gasteiger partial charge in [-0.2, -0.15) is 0 Å². The second-order valence-corrected chi connectivity index (χ2v) is 5.27. The Morgan fingerprint density at radius 2 is 2.00 bits per heavy atom. The molecule has 0 bridgehead atoms. The maximum absolute atomic E-state index is 9.26. The fraction of sp³-hybridized carbons (Fsp3) is 0.571. The molecule has 2 atom stereocenters. The van der Waals surface area contributed by atoms with Crippen LogP contribution in [0.15, 0.2) is 24.8 Å². The Balaban J connectivity index is 0.00000132. The van der Waals surface area contributed by atoms with Crippen LogP contribution in [0.25, 0.3) is 11.6 Å². The average molecular weight is 364 g/mol. The molecule has 3 rings (SSSR count). The number of aliphatic hydroxyl groups excluding tert-OH is 1. The quantitative estimate of drug-likeness (QED) is 0.804. The van der Waals surface area contributed by atoms with Crippen molar-refractivity contribution in [3.63, 3.8) is 0 Å². The third-order valence-corrected chi connectivity index (χ3v) is 3.93. The van der Waals surface area contributed by atoms with Crippen LogP contribution in [0.1, 0.15) is 12.5 Å². The van der Waals surface area contributed by atoms with Gasteiger partial charge in [0, 0.05) is 57.1 Å². The second kappa shape index (κ2) is 9.24. The molecule has 2 aromatic heterocycles. The van der Waals surface area contributed by atoms with Crippen LogP contribution in [-0.4, -0.2) is 57.1 Å². The number of nitrogens with one attached hydrogen (secondary N) is 1. The first-order valence-corrected chi connectivity index (χ1v) is 7.21. The minimum Gasteiger partial charge on any atom is -0.395 e. The van der Waals surface area contributed by atoms with Gasteiger partial charge in [0.1, 0.15) is 0 Å². The number of aliphatic hydroxyl groups is 1. The van der Waals surface area contributed by atoms with Crippen molar-refractivity contribution in [3.8, 4) is 11.6 Å². The first-order valence-electron chi connectivity index (χ1n) is 7.21. The summed E-state index contributed by atoms with van der Waals surface area (Å²) in [5.41, 5.74) is 0. The number of methoxy groups -OCH3 is 1. The van der Waals surface area contributed by atoms with Crippen LogP contribution in [0.2, 0.25) is 0 Å². The van der Waals surface area contributed by atoms with Gasteiger partial charge in [-0.3, -0.25) is 0 Å². The van der Waals surface area contributed by atoms with E-state index in [2.05, 4.69) is 19.9 Å². The van der Waals surface area contributed by atoms with Gasteiger partial charge in [-0.25, -0.2) is 9.97 Å². The zero-order valence-corrected chi connectivity index (χ0v) is 14.6. The first-order chi connectivity index (χ1) is 10.3. The molecule has 1 aliphatic rings. The Kier molecular flexibility index (Phi) is 8.01. The summed E-state index contributed by atoms with van der Waals surface area (Å²) in [5, 5.41) is 12.6. The van der Waals surface area contributed by atoms with Gasteiger partial charge in [0.05, 0.1) is 13.2 Å². The second-order valence-electron chi connectivity index (χ2n) is 5.27. The summed E-state index contributed by atoms with van der Waals surface area (Å²) in [4.78, 5) is 8.91. The summed E-state index contributed by atoms with van der Waals surface area (Å²) in [6, 6.07) is 0.464. The van der Waals surface area contributed by atoms with Gasteiger partial charge < -0.3 is 24.3 Å². The Hall–Kier alpha value is -1.12. The summed E-state index contributed by atoms with van der Waals surface area (Å²) >= 11 is 0. The van der Waals surface area contributed by atoms with Gasteiger partial charge in [-0.05, 0) is 6.42 Å². The molecule has 0 unspecified atom stereocenters. The smallest absolute Gasteiger partial charge is 0.176 e. The molecule has 23 heavy (non-hydrogen) atoms. The highest BCUT2D eigenvalue weighted by molar-refractivity contribution is 5.85. The summed E-state index contributed by atoms with van der Waals surface area (Å²) in [5.74, 6) is 1.71. The summed E-state index contributed by atoms with van der Waals surface area (Å²) in [7, 11) is 1.69. The zero-order chi connectivity index (χ0) is 14.7. The topological polar surface area (TPSA) is 77.1 Å². The zero-order valence-electron chi connectivity index (χ0n) is 13.0. The SMILES string of the molecule is COCCn1ccnc1-c1nccn1[C@@H]1CN[C@@H](CO)C1.Cl.Cl. The lowest BCUT2D eigenvalue weighted by molar-refractivity contribution is 0.187. The molecule has 0 amide bonds. The van der Waals surface area contributed by atoms with E-state index in [1.165, 1.54) is 0 Å². The Bertz CT molecular complexity index is 589. The molecule has 7 nitrogen and oxygen atoms in total. The van der Waals surface area contributed by atoms with E-state index >= 15 is 0 Å². The molecule has 1 saturated heterocycles. The minimum atomic E-state index is 0. The van der Waals surface area contributed by atoms with Gasteiger partial charge in [0.15, 0.2) is 11.6 Å². The maximum atomic E-state index is 9.26. The van der Waals surface area contributed by atoms with E-state index in [4.69, 9.17) is 4.74 Å². The lowest BCUT2D eigenvalue weighted by Crippen LogP contribution is -2.24. The Morgan fingerprint density at radius 1 is 1.26 bits per heavy atom. The lowest BCUT2D eigenvalue weighted by Gasteiger charge is -2.15. The average Bonchev–Trinajstić information content (AvgIpc) is 3.22. The van der Waals surface area contributed by atoms with Crippen LogP contribution >= 0.6 is 24.8 Å². The molecule has 1 fully saturated rings. The maximum Gasteiger partial charge on any atom is 0.176 e. The Labute approximate surface area is 147 Å². The van der Waals surface area contributed by atoms with E-state index in [1.54, 1.807) is 19.5 Å². The molecule has 0 saturated carbocycles. The summed E-state index contributed by atoms with van der Waals surface area (Å²) < 4.78 is 9.33. The molecule has 9 heteroatoms. The normalized spacial score (nSPS) is 20.1.